The fourth-order valence-corrected chi connectivity index (χ4v) is 0.682. The summed E-state index contributed by atoms with van der Waals surface area (Å²) in [5.41, 5.74) is 4.85. The van der Waals surface area contributed by atoms with Crippen LogP contribution in [0.4, 0.5) is 0 Å². The molecule has 1 amide bonds. The lowest BCUT2D eigenvalue weighted by Gasteiger charge is -1.96. The molecular weight excluding hydrogens is 242 g/mol. The van der Waals surface area contributed by atoms with Gasteiger partial charge in [-0.15, -0.1) is 0 Å². The van der Waals surface area contributed by atoms with E-state index in [1.165, 1.54) is 0 Å². The van der Waals surface area contributed by atoms with Crippen LogP contribution in [0.5, 0.6) is 0 Å². The van der Waals surface area contributed by atoms with Crippen LogP contribution in [0, 0.1) is 0 Å². The Morgan fingerprint density at radius 3 is 2.12 bits per heavy atom. The summed E-state index contributed by atoms with van der Waals surface area (Å²) in [6, 6.07) is 0. The molecule has 5 nitrogen and oxygen atoms in total. The lowest BCUT2D eigenvalue weighted by molar-refractivity contribution is -0.133. The normalized spacial score (nSPS) is 10.9. The minimum absolute atomic E-state index is 0.0694. The van der Waals surface area contributed by atoms with Crippen molar-refractivity contribution in [3.05, 3.63) is 11.6 Å². The molecule has 0 rings (SSSR count). The zero-order valence-electron chi connectivity index (χ0n) is 10.3. The van der Waals surface area contributed by atoms with Crippen LogP contribution in [0.25, 0.3) is 0 Å². The zero-order chi connectivity index (χ0) is 13.1. The van der Waals surface area contributed by atoms with Gasteiger partial charge in [0, 0.05) is 11.6 Å². The number of rotatable bonds is 5. The van der Waals surface area contributed by atoms with Gasteiger partial charge in [0.2, 0.25) is 5.91 Å². The van der Waals surface area contributed by atoms with Crippen molar-refractivity contribution in [3.63, 3.8) is 0 Å². The van der Waals surface area contributed by atoms with Crippen LogP contribution < -0.4 is 5.73 Å². The van der Waals surface area contributed by atoms with E-state index in [4.69, 9.17) is 15.0 Å². The molecule has 7 heteroatoms. The number of hydrogen-bond acceptors (Lipinski definition) is 3. The number of carboxylic acid groups (broad SMARTS) is 1. The van der Waals surface area contributed by atoms with Gasteiger partial charge in [0.15, 0.2) is 9.04 Å². The fourth-order valence-electron chi connectivity index (χ4n) is 0.682. The van der Waals surface area contributed by atoms with E-state index in [1.54, 1.807) is 0 Å². The Kier molecular flexibility index (Phi) is 11.6. The molecule has 0 heterocycles. The number of aliphatic carboxylic acids is 1. The molecule has 0 spiro atoms. The van der Waals surface area contributed by atoms with Gasteiger partial charge in [-0.05, 0) is 19.5 Å². The lowest BCUT2D eigenvalue weighted by Crippen LogP contribution is -2.10. The first-order chi connectivity index (χ1) is 7.34. The Hall–Kier alpha value is -0.926. The molecule has 0 aliphatic carbocycles. The maximum Gasteiger partial charge on any atom is 0.331 e. The molecule has 0 aromatic rings. The topological polar surface area (TPSA) is 89.6 Å². The standard InChI is InChI=1S/C7H11NO3.C2H10OSi2/c1-2-3-5(7(10)11)4-6(8)9;1-5(2)3-4/h4H,2-3H2,1H3,(H2,8,9)(H,10,11);5H,1-2,4H3/b5-4-;. The molecular formula is C9H21NO4Si2. The Bertz CT molecular complexity index is 254. The van der Waals surface area contributed by atoms with E-state index in [-0.39, 0.29) is 5.57 Å². The third-order valence-corrected chi connectivity index (χ3v) is 5.35. The second kappa shape index (κ2) is 10.6. The summed E-state index contributed by atoms with van der Waals surface area (Å²) < 4.78 is 5.03. The van der Waals surface area contributed by atoms with Gasteiger partial charge in [0.05, 0.1) is 0 Å². The highest BCUT2D eigenvalue weighted by Gasteiger charge is 2.06. The number of carbonyl (C=O) groups is 2. The molecule has 0 aliphatic heterocycles. The highest BCUT2D eigenvalue weighted by atomic mass is 28.3. The summed E-state index contributed by atoms with van der Waals surface area (Å²) in [7, 11) is 0.347. The van der Waals surface area contributed by atoms with Crippen LogP contribution in [0.3, 0.4) is 0 Å². The van der Waals surface area contributed by atoms with Gasteiger partial charge >= 0.3 is 5.97 Å². The Balaban J connectivity index is 0. The molecule has 3 N–H and O–H groups in total. The van der Waals surface area contributed by atoms with E-state index in [0.29, 0.717) is 12.8 Å². The second-order valence-electron chi connectivity index (χ2n) is 3.41. The van der Waals surface area contributed by atoms with Gasteiger partial charge in [-0.3, -0.25) is 4.79 Å². The largest absolute Gasteiger partial charge is 0.478 e. The third-order valence-electron chi connectivity index (χ3n) is 1.58. The van der Waals surface area contributed by atoms with Crippen molar-refractivity contribution in [2.75, 3.05) is 0 Å². The molecule has 0 atom stereocenters. The van der Waals surface area contributed by atoms with Gasteiger partial charge < -0.3 is 15.0 Å². The van der Waals surface area contributed by atoms with Gasteiger partial charge in [-0.1, -0.05) is 13.3 Å². The summed E-state index contributed by atoms with van der Waals surface area (Å²) in [6.45, 7) is 6.18. The maximum atomic E-state index is 10.3. The highest BCUT2D eigenvalue weighted by Crippen LogP contribution is 2.03. The first kappa shape index (κ1) is 17.5. The van der Waals surface area contributed by atoms with E-state index in [9.17, 15) is 9.59 Å². The average molecular weight is 263 g/mol. The number of amides is 1. The van der Waals surface area contributed by atoms with Crippen molar-refractivity contribution in [2.24, 2.45) is 5.73 Å². The lowest BCUT2D eigenvalue weighted by atomic mass is 10.1. The second-order valence-corrected chi connectivity index (χ2v) is 7.39. The van der Waals surface area contributed by atoms with Gasteiger partial charge in [0.25, 0.3) is 0 Å². The first-order valence-corrected chi connectivity index (χ1v) is 8.70. The average Bonchev–Trinajstić information content (AvgIpc) is 2.17. The quantitative estimate of drug-likeness (QED) is 0.519. The SMILES string of the molecule is CCC/C(=C/C(N)=O)C(=O)O.C[SiH](C)O[SiH3]. The van der Waals surface area contributed by atoms with Crippen molar-refractivity contribution < 1.29 is 18.8 Å². The van der Waals surface area contributed by atoms with E-state index < -0.39 is 20.9 Å². The number of hydrogen-bond donors (Lipinski definition) is 2. The minimum Gasteiger partial charge on any atom is -0.478 e. The summed E-state index contributed by atoms with van der Waals surface area (Å²) >= 11 is 0. The predicted molar refractivity (Wildman–Crippen MR) is 69.7 cm³/mol. The van der Waals surface area contributed by atoms with Crippen molar-refractivity contribution in [3.8, 4) is 0 Å². The van der Waals surface area contributed by atoms with Crippen molar-refractivity contribution in [2.45, 2.75) is 32.9 Å². The Morgan fingerprint density at radius 2 is 1.94 bits per heavy atom. The minimum atomic E-state index is -1.08. The van der Waals surface area contributed by atoms with E-state index in [2.05, 4.69) is 13.1 Å². The van der Waals surface area contributed by atoms with Crippen molar-refractivity contribution in [1.82, 2.24) is 0 Å². The van der Waals surface area contributed by atoms with Crippen molar-refractivity contribution >= 4 is 31.4 Å². The van der Waals surface area contributed by atoms with Crippen LogP contribution >= 0.6 is 0 Å². The van der Waals surface area contributed by atoms with Gasteiger partial charge in [-0.25, -0.2) is 4.79 Å². The number of carbonyl (C=O) groups excluding carboxylic acids is 1. The summed E-state index contributed by atoms with van der Waals surface area (Å²) in [6.07, 6.45) is 2.01. The molecule has 0 saturated carbocycles. The predicted octanol–water partition coefficient (Wildman–Crippen LogP) is -0.450. The Labute approximate surface area is 101 Å². The van der Waals surface area contributed by atoms with E-state index >= 15 is 0 Å². The van der Waals surface area contributed by atoms with E-state index in [1.807, 2.05) is 6.92 Å². The molecule has 94 valence electrons. The monoisotopic (exact) mass is 263 g/mol. The van der Waals surface area contributed by atoms with E-state index in [0.717, 1.165) is 16.6 Å². The number of nitrogens with two attached hydrogens (primary N) is 1. The molecule has 0 radical (unpaired) electrons. The van der Waals surface area contributed by atoms with Crippen LogP contribution in [-0.4, -0.2) is 36.5 Å². The summed E-state index contributed by atoms with van der Waals surface area (Å²) in [5.74, 6) is -1.79. The van der Waals surface area contributed by atoms with Crippen LogP contribution in [0.1, 0.15) is 19.8 Å². The molecule has 0 fully saturated rings. The number of primary amides is 1. The number of carboxylic acids is 1. The summed E-state index contributed by atoms with van der Waals surface area (Å²) in [5, 5.41) is 8.48. The molecule has 0 bridgehead atoms. The van der Waals surface area contributed by atoms with Crippen LogP contribution in [-0.2, 0) is 13.7 Å². The van der Waals surface area contributed by atoms with Crippen LogP contribution in [0.2, 0.25) is 13.1 Å². The smallest absolute Gasteiger partial charge is 0.331 e. The first-order valence-electron chi connectivity index (χ1n) is 5.11. The summed E-state index contributed by atoms with van der Waals surface area (Å²) in [4.78, 5) is 20.6. The molecule has 16 heavy (non-hydrogen) atoms. The maximum absolute atomic E-state index is 10.3. The van der Waals surface area contributed by atoms with Crippen LogP contribution in [0.15, 0.2) is 11.6 Å². The highest BCUT2D eigenvalue weighted by molar-refractivity contribution is 6.52. The Morgan fingerprint density at radius 1 is 1.50 bits per heavy atom. The molecule has 0 unspecified atom stereocenters. The fraction of sp³-hybridized carbons (Fsp3) is 0.556. The van der Waals surface area contributed by atoms with Crippen molar-refractivity contribution in [1.29, 1.82) is 0 Å². The van der Waals surface area contributed by atoms with Gasteiger partial charge in [-0.2, -0.15) is 0 Å². The molecule has 0 saturated heterocycles. The zero-order valence-corrected chi connectivity index (χ0v) is 13.5. The molecule has 0 aliphatic rings. The molecule has 0 aromatic carbocycles. The molecule has 0 aromatic heterocycles. The van der Waals surface area contributed by atoms with Gasteiger partial charge in [0.1, 0.15) is 10.5 Å². The third kappa shape index (κ3) is 13.1.